The molecule has 0 aliphatic rings. The SMILES string of the molecule is CCCCc1cc(O)c(O)c(-c2cc(CCCC)cc(O)c2O)c1. The van der Waals surface area contributed by atoms with Gasteiger partial charge in [0.2, 0.25) is 0 Å². The fraction of sp³-hybridized carbons (Fsp3) is 0.400. The summed E-state index contributed by atoms with van der Waals surface area (Å²) in [5, 5.41) is 40.5. The number of hydrogen-bond acceptors (Lipinski definition) is 4. The average Bonchev–Trinajstić information content (AvgIpc) is 2.56. The van der Waals surface area contributed by atoms with Crippen LogP contribution in [0.25, 0.3) is 11.1 Å². The number of benzene rings is 2. The molecule has 0 aromatic heterocycles. The van der Waals surface area contributed by atoms with Crippen molar-refractivity contribution in [2.24, 2.45) is 0 Å². The van der Waals surface area contributed by atoms with Crippen LogP contribution in [0.4, 0.5) is 0 Å². The Morgan fingerprint density at radius 2 is 1.00 bits per heavy atom. The normalized spacial score (nSPS) is 10.9. The van der Waals surface area contributed by atoms with Crippen LogP contribution in [-0.4, -0.2) is 20.4 Å². The summed E-state index contributed by atoms with van der Waals surface area (Å²) in [6, 6.07) is 6.63. The molecule has 0 aliphatic heterocycles. The predicted octanol–water partition coefficient (Wildman–Crippen LogP) is 4.86. The Balaban J connectivity index is 2.53. The Morgan fingerprint density at radius 1 is 0.625 bits per heavy atom. The van der Waals surface area contributed by atoms with Crippen molar-refractivity contribution in [2.75, 3.05) is 0 Å². The van der Waals surface area contributed by atoms with E-state index >= 15 is 0 Å². The maximum Gasteiger partial charge on any atom is 0.165 e. The molecule has 0 bridgehead atoms. The molecule has 0 atom stereocenters. The number of phenolic OH excluding ortho intramolecular Hbond substituents is 4. The summed E-state index contributed by atoms with van der Waals surface area (Å²) in [5.74, 6) is -0.983. The summed E-state index contributed by atoms with van der Waals surface area (Å²) in [5.41, 5.74) is 2.46. The molecule has 0 saturated heterocycles. The Kier molecular flexibility index (Phi) is 5.96. The number of aromatic hydroxyl groups is 4. The van der Waals surface area contributed by atoms with Crippen molar-refractivity contribution in [2.45, 2.75) is 52.4 Å². The summed E-state index contributed by atoms with van der Waals surface area (Å²) >= 11 is 0. The van der Waals surface area contributed by atoms with E-state index in [4.69, 9.17) is 0 Å². The van der Waals surface area contributed by atoms with Gasteiger partial charge in [-0.15, -0.1) is 0 Å². The monoisotopic (exact) mass is 330 g/mol. The van der Waals surface area contributed by atoms with Gasteiger partial charge in [-0.25, -0.2) is 0 Å². The highest BCUT2D eigenvalue weighted by molar-refractivity contribution is 5.80. The van der Waals surface area contributed by atoms with Gasteiger partial charge in [0.15, 0.2) is 23.0 Å². The topological polar surface area (TPSA) is 80.9 Å². The second kappa shape index (κ2) is 7.95. The first-order chi connectivity index (χ1) is 11.5. The molecule has 4 N–H and O–H groups in total. The van der Waals surface area contributed by atoms with Crippen molar-refractivity contribution < 1.29 is 20.4 Å². The van der Waals surface area contributed by atoms with Gasteiger partial charge in [0.25, 0.3) is 0 Å². The van der Waals surface area contributed by atoms with E-state index in [2.05, 4.69) is 13.8 Å². The van der Waals surface area contributed by atoms with Crippen molar-refractivity contribution >= 4 is 0 Å². The van der Waals surface area contributed by atoms with E-state index in [0.717, 1.165) is 49.7 Å². The van der Waals surface area contributed by atoms with Crippen LogP contribution >= 0.6 is 0 Å². The summed E-state index contributed by atoms with van der Waals surface area (Å²) < 4.78 is 0. The van der Waals surface area contributed by atoms with E-state index < -0.39 is 0 Å². The zero-order valence-electron chi connectivity index (χ0n) is 14.3. The summed E-state index contributed by atoms with van der Waals surface area (Å²) in [6.07, 6.45) is 5.54. The summed E-state index contributed by atoms with van der Waals surface area (Å²) in [6.45, 7) is 4.17. The van der Waals surface area contributed by atoms with E-state index in [9.17, 15) is 20.4 Å². The van der Waals surface area contributed by atoms with Gasteiger partial charge in [-0.1, -0.05) is 26.7 Å². The fourth-order valence-electron chi connectivity index (χ4n) is 2.82. The molecule has 2 aromatic carbocycles. The van der Waals surface area contributed by atoms with Crippen LogP contribution in [0.2, 0.25) is 0 Å². The van der Waals surface area contributed by atoms with E-state index in [1.807, 2.05) is 0 Å². The molecule has 0 heterocycles. The number of rotatable bonds is 7. The van der Waals surface area contributed by atoms with Crippen LogP contribution in [0.3, 0.4) is 0 Å². The molecule has 24 heavy (non-hydrogen) atoms. The van der Waals surface area contributed by atoms with Gasteiger partial charge in [-0.05, 0) is 61.1 Å². The minimum Gasteiger partial charge on any atom is -0.504 e. The molecule has 0 saturated carbocycles. The Labute approximate surface area is 143 Å². The molecule has 130 valence electrons. The summed E-state index contributed by atoms with van der Waals surface area (Å²) in [7, 11) is 0. The molecule has 0 radical (unpaired) electrons. The second-order valence-electron chi connectivity index (χ2n) is 6.23. The van der Waals surface area contributed by atoms with Crippen LogP contribution in [0.1, 0.15) is 50.7 Å². The molecule has 0 unspecified atom stereocenters. The lowest BCUT2D eigenvalue weighted by Gasteiger charge is -2.14. The van der Waals surface area contributed by atoms with Crippen LogP contribution in [0.15, 0.2) is 24.3 Å². The van der Waals surface area contributed by atoms with Crippen molar-refractivity contribution in [1.82, 2.24) is 0 Å². The van der Waals surface area contributed by atoms with Crippen molar-refractivity contribution in [3.05, 3.63) is 35.4 Å². The van der Waals surface area contributed by atoms with Gasteiger partial charge in [0, 0.05) is 11.1 Å². The van der Waals surface area contributed by atoms with E-state index in [-0.39, 0.29) is 23.0 Å². The predicted molar refractivity (Wildman–Crippen MR) is 95.8 cm³/mol. The number of unbranched alkanes of at least 4 members (excludes halogenated alkanes) is 2. The first kappa shape index (κ1) is 18.0. The summed E-state index contributed by atoms with van der Waals surface area (Å²) in [4.78, 5) is 0. The minimum atomic E-state index is -0.280. The lowest BCUT2D eigenvalue weighted by molar-refractivity contribution is 0.399. The van der Waals surface area contributed by atoms with Crippen LogP contribution in [0.5, 0.6) is 23.0 Å². The quantitative estimate of drug-likeness (QED) is 0.546. The second-order valence-corrected chi connectivity index (χ2v) is 6.23. The van der Waals surface area contributed by atoms with Crippen molar-refractivity contribution in [3.63, 3.8) is 0 Å². The maximum atomic E-state index is 10.2. The highest BCUT2D eigenvalue weighted by Crippen LogP contribution is 2.45. The number of phenols is 4. The van der Waals surface area contributed by atoms with E-state index in [1.165, 1.54) is 0 Å². The molecule has 0 aliphatic carbocycles. The van der Waals surface area contributed by atoms with Gasteiger partial charge >= 0.3 is 0 Å². The Bertz CT molecular complexity index is 646. The Hall–Kier alpha value is -2.36. The van der Waals surface area contributed by atoms with Gasteiger partial charge in [0.1, 0.15) is 0 Å². The molecular weight excluding hydrogens is 304 g/mol. The van der Waals surface area contributed by atoms with Crippen LogP contribution in [-0.2, 0) is 12.8 Å². The third kappa shape index (κ3) is 3.94. The highest BCUT2D eigenvalue weighted by Gasteiger charge is 2.17. The Morgan fingerprint density at radius 3 is 1.33 bits per heavy atom. The van der Waals surface area contributed by atoms with Crippen LogP contribution < -0.4 is 0 Å². The third-order valence-corrected chi connectivity index (χ3v) is 4.23. The molecule has 0 fully saturated rings. The van der Waals surface area contributed by atoms with E-state index in [1.54, 1.807) is 24.3 Å². The standard InChI is InChI=1S/C20H26O4/c1-3-5-7-13-9-15(19(23)17(21)11-13)16-10-14(8-6-4-2)12-18(22)20(16)24/h9-12,21-24H,3-8H2,1-2H3. The zero-order chi connectivity index (χ0) is 17.7. The fourth-order valence-corrected chi connectivity index (χ4v) is 2.82. The average molecular weight is 330 g/mol. The number of aryl methyl sites for hydroxylation is 2. The molecule has 2 aromatic rings. The highest BCUT2D eigenvalue weighted by atomic mass is 16.3. The molecule has 0 spiro atoms. The van der Waals surface area contributed by atoms with Gasteiger partial charge in [-0.2, -0.15) is 0 Å². The smallest absolute Gasteiger partial charge is 0.165 e. The van der Waals surface area contributed by atoms with Gasteiger partial charge in [0.05, 0.1) is 0 Å². The van der Waals surface area contributed by atoms with Gasteiger partial charge in [-0.3, -0.25) is 0 Å². The minimum absolute atomic E-state index is 0.212. The molecule has 0 amide bonds. The largest absolute Gasteiger partial charge is 0.504 e. The lowest BCUT2D eigenvalue weighted by atomic mass is 9.95. The van der Waals surface area contributed by atoms with E-state index in [0.29, 0.717) is 11.1 Å². The zero-order valence-corrected chi connectivity index (χ0v) is 14.3. The molecule has 4 heteroatoms. The first-order valence-electron chi connectivity index (χ1n) is 8.58. The molecular formula is C20H26O4. The lowest BCUT2D eigenvalue weighted by Crippen LogP contribution is -1.91. The number of hydrogen-bond donors (Lipinski definition) is 4. The van der Waals surface area contributed by atoms with Crippen molar-refractivity contribution in [1.29, 1.82) is 0 Å². The molecule has 2 rings (SSSR count). The van der Waals surface area contributed by atoms with Crippen LogP contribution in [0, 0.1) is 0 Å². The van der Waals surface area contributed by atoms with Gasteiger partial charge < -0.3 is 20.4 Å². The van der Waals surface area contributed by atoms with Crippen molar-refractivity contribution in [3.8, 4) is 34.1 Å². The first-order valence-corrected chi connectivity index (χ1v) is 8.58. The maximum absolute atomic E-state index is 10.2. The third-order valence-electron chi connectivity index (χ3n) is 4.23. The molecule has 4 nitrogen and oxygen atoms in total.